The Morgan fingerprint density at radius 1 is 0.850 bits per heavy atom. The molecule has 0 amide bonds. The van der Waals surface area contributed by atoms with Crippen molar-refractivity contribution in [3.63, 3.8) is 0 Å². The van der Waals surface area contributed by atoms with Crippen LogP contribution in [0.25, 0.3) is 21.8 Å². The third kappa shape index (κ3) is 1.36. The Bertz CT molecular complexity index is 1110. The summed E-state index contributed by atoms with van der Waals surface area (Å²) in [6, 6.07) is 10.3. The number of benzene rings is 2. The minimum absolute atomic E-state index is 0.321. The van der Waals surface area contributed by atoms with Gasteiger partial charge < -0.3 is 0 Å². The van der Waals surface area contributed by atoms with E-state index >= 15 is 0 Å². The lowest BCUT2D eigenvalue weighted by atomic mass is 10.2. The van der Waals surface area contributed by atoms with E-state index in [2.05, 4.69) is 15.9 Å². The van der Waals surface area contributed by atoms with Crippen molar-refractivity contribution in [3.05, 3.63) is 66.6 Å². The number of aromatic nitrogens is 2. The Morgan fingerprint density at radius 2 is 1.60 bits per heavy atom. The maximum absolute atomic E-state index is 12.4. The minimum atomic E-state index is -0.325. The van der Waals surface area contributed by atoms with Crippen LogP contribution in [0, 0.1) is 0 Å². The number of rotatable bonds is 0. The van der Waals surface area contributed by atoms with Crippen molar-refractivity contribution in [2.24, 2.45) is 0 Å². The van der Waals surface area contributed by atoms with Gasteiger partial charge in [0.25, 0.3) is 11.1 Å². The highest BCUT2D eigenvalue weighted by Crippen LogP contribution is 2.22. The van der Waals surface area contributed by atoms with Crippen LogP contribution in [0.15, 0.2) is 50.5 Å². The van der Waals surface area contributed by atoms with E-state index in [0.29, 0.717) is 26.8 Å². The molecule has 6 heteroatoms. The van der Waals surface area contributed by atoms with E-state index in [1.165, 1.54) is 0 Å². The van der Waals surface area contributed by atoms with Gasteiger partial charge >= 0.3 is 0 Å². The van der Waals surface area contributed by atoms with Crippen LogP contribution in [0.3, 0.4) is 0 Å². The van der Waals surface area contributed by atoms with Crippen LogP contribution >= 0.6 is 27.5 Å². The molecular weight excluding hydrogens is 344 g/mol. The molecule has 0 unspecified atom stereocenters. The molecule has 2 aromatic heterocycles. The Kier molecular flexibility index (Phi) is 2.29. The van der Waals surface area contributed by atoms with Gasteiger partial charge in [0, 0.05) is 9.50 Å². The summed E-state index contributed by atoms with van der Waals surface area (Å²) in [5, 5.41) is 1.51. The lowest BCUT2D eigenvalue weighted by Gasteiger charge is -1.95. The van der Waals surface area contributed by atoms with Crippen LogP contribution < -0.4 is 11.1 Å². The molecule has 4 aromatic rings. The summed E-state index contributed by atoms with van der Waals surface area (Å²) >= 11 is 9.34. The van der Waals surface area contributed by atoms with Gasteiger partial charge in [0.15, 0.2) is 0 Å². The molecule has 0 spiro atoms. The summed E-state index contributed by atoms with van der Waals surface area (Å²) < 4.78 is 3.57. The molecule has 0 atom stereocenters. The standard InChI is InChI=1S/C14H6BrClN2O2/c15-7-1-4-11-10(5-7)14(20)18-13(19)9-3-2-8(16)6-12(9)17(11)18/h1-6H. The largest absolute Gasteiger partial charge is 0.282 e. The monoisotopic (exact) mass is 348 g/mol. The van der Waals surface area contributed by atoms with Gasteiger partial charge in [0.2, 0.25) is 0 Å². The predicted molar refractivity (Wildman–Crippen MR) is 82.3 cm³/mol. The Hall–Kier alpha value is -1.85. The van der Waals surface area contributed by atoms with E-state index < -0.39 is 0 Å². The van der Waals surface area contributed by atoms with Gasteiger partial charge in [0.05, 0.1) is 21.8 Å². The maximum atomic E-state index is 12.4. The number of hydrogen-bond acceptors (Lipinski definition) is 2. The summed E-state index contributed by atoms with van der Waals surface area (Å²) in [5.41, 5.74) is 0.678. The van der Waals surface area contributed by atoms with E-state index in [9.17, 15) is 9.59 Å². The lowest BCUT2D eigenvalue weighted by Crippen LogP contribution is -2.21. The van der Waals surface area contributed by atoms with Crippen LogP contribution in [0.4, 0.5) is 0 Å². The van der Waals surface area contributed by atoms with Crippen LogP contribution in [0.5, 0.6) is 0 Å². The first-order valence-electron chi connectivity index (χ1n) is 5.86. The van der Waals surface area contributed by atoms with Crippen LogP contribution in [-0.2, 0) is 0 Å². The van der Waals surface area contributed by atoms with Gasteiger partial charge in [-0.15, -0.1) is 0 Å². The van der Waals surface area contributed by atoms with Crippen molar-refractivity contribution >= 4 is 49.3 Å². The molecule has 0 saturated carbocycles. The van der Waals surface area contributed by atoms with Crippen molar-refractivity contribution < 1.29 is 0 Å². The molecule has 4 nitrogen and oxygen atoms in total. The lowest BCUT2D eigenvalue weighted by molar-refractivity contribution is 0.841. The minimum Gasteiger partial charge on any atom is -0.267 e. The van der Waals surface area contributed by atoms with Crippen molar-refractivity contribution in [2.45, 2.75) is 0 Å². The quantitative estimate of drug-likeness (QED) is 0.490. The first-order chi connectivity index (χ1) is 9.58. The Morgan fingerprint density at radius 3 is 2.40 bits per heavy atom. The zero-order valence-electron chi connectivity index (χ0n) is 9.93. The summed E-state index contributed by atoms with van der Waals surface area (Å²) in [4.78, 5) is 24.8. The van der Waals surface area contributed by atoms with Crippen LogP contribution in [0.1, 0.15) is 0 Å². The van der Waals surface area contributed by atoms with E-state index in [-0.39, 0.29) is 11.1 Å². The van der Waals surface area contributed by atoms with E-state index in [1.54, 1.807) is 34.8 Å². The second-order valence-corrected chi connectivity index (χ2v) is 5.91. The van der Waals surface area contributed by atoms with Gasteiger partial charge in [-0.3, -0.25) is 9.59 Å². The first kappa shape index (κ1) is 11.9. The summed E-state index contributed by atoms with van der Waals surface area (Å²) in [6.07, 6.45) is 0. The van der Waals surface area contributed by atoms with E-state index in [1.807, 2.05) is 6.07 Å². The fourth-order valence-corrected chi connectivity index (χ4v) is 3.10. The second-order valence-electron chi connectivity index (χ2n) is 4.56. The second kappa shape index (κ2) is 3.84. The smallest absolute Gasteiger partial charge is 0.267 e. The summed E-state index contributed by atoms with van der Waals surface area (Å²) in [6.45, 7) is 0. The molecule has 0 N–H and O–H groups in total. The highest BCUT2D eigenvalue weighted by molar-refractivity contribution is 9.10. The fraction of sp³-hybridized carbons (Fsp3) is 0. The fourth-order valence-electron chi connectivity index (χ4n) is 2.57. The maximum Gasteiger partial charge on any atom is 0.282 e. The molecule has 0 aliphatic heterocycles. The van der Waals surface area contributed by atoms with Gasteiger partial charge in [-0.25, -0.2) is 4.52 Å². The number of fused-ring (bicyclic) bond motifs is 5. The van der Waals surface area contributed by atoms with Crippen molar-refractivity contribution in [1.82, 2.24) is 9.03 Å². The highest BCUT2D eigenvalue weighted by Gasteiger charge is 2.17. The molecule has 0 bridgehead atoms. The van der Waals surface area contributed by atoms with Gasteiger partial charge in [-0.05, 0) is 36.4 Å². The first-order valence-corrected chi connectivity index (χ1v) is 7.03. The highest BCUT2D eigenvalue weighted by atomic mass is 79.9. The van der Waals surface area contributed by atoms with Crippen molar-refractivity contribution in [2.75, 3.05) is 0 Å². The normalized spacial score (nSPS) is 11.9. The van der Waals surface area contributed by atoms with Gasteiger partial charge in [0.1, 0.15) is 0 Å². The van der Waals surface area contributed by atoms with Gasteiger partial charge in [-0.1, -0.05) is 27.5 Å². The molecule has 0 aliphatic rings. The number of hydrogen-bond donors (Lipinski definition) is 0. The zero-order valence-corrected chi connectivity index (χ0v) is 12.3. The molecule has 0 radical (unpaired) electrons. The van der Waals surface area contributed by atoms with E-state index in [0.717, 1.165) is 8.99 Å². The molecule has 4 rings (SSSR count). The number of halogens is 2. The summed E-state index contributed by atoms with van der Waals surface area (Å²) in [5.74, 6) is 0. The average molecular weight is 350 g/mol. The van der Waals surface area contributed by atoms with E-state index in [4.69, 9.17) is 11.6 Å². The predicted octanol–water partition coefficient (Wildman–Crippen LogP) is 2.92. The molecular formula is C14H6BrClN2O2. The van der Waals surface area contributed by atoms with Crippen LogP contribution in [0.2, 0.25) is 5.02 Å². The zero-order chi connectivity index (χ0) is 14.0. The van der Waals surface area contributed by atoms with Crippen molar-refractivity contribution in [1.29, 1.82) is 0 Å². The molecule has 0 aliphatic carbocycles. The van der Waals surface area contributed by atoms with Crippen molar-refractivity contribution in [3.8, 4) is 0 Å². The third-order valence-electron chi connectivity index (χ3n) is 3.42. The van der Waals surface area contributed by atoms with Crippen LogP contribution in [-0.4, -0.2) is 9.03 Å². The molecule has 0 saturated heterocycles. The number of nitrogens with zero attached hydrogens (tertiary/aromatic N) is 2. The van der Waals surface area contributed by atoms with Gasteiger partial charge in [-0.2, -0.15) is 4.52 Å². The summed E-state index contributed by atoms with van der Waals surface area (Å²) in [7, 11) is 0. The third-order valence-corrected chi connectivity index (χ3v) is 4.15. The topological polar surface area (TPSA) is 43.0 Å². The average Bonchev–Trinajstić information content (AvgIpc) is 2.86. The molecule has 98 valence electrons. The molecule has 0 fully saturated rings. The molecule has 2 aromatic carbocycles. The Labute approximate surface area is 125 Å². The molecule has 2 heterocycles. The Balaban J connectivity index is 2.45. The molecule has 20 heavy (non-hydrogen) atoms. The SMILES string of the molecule is O=c1c2cc(Br)ccc2n2c3cc(Cl)ccc3c(=O)n12.